The number of sulfonamides is 1. The third-order valence-electron chi connectivity index (χ3n) is 3.04. The molecule has 1 unspecified atom stereocenters. The van der Waals surface area contributed by atoms with Gasteiger partial charge in [-0.15, -0.1) is 0 Å². The molecule has 1 aromatic heterocycles. The fraction of sp³-hybridized carbons (Fsp3) is 0.615. The van der Waals surface area contributed by atoms with E-state index in [0.29, 0.717) is 5.69 Å². The molecule has 0 aliphatic heterocycles. The molecule has 0 bridgehead atoms. The van der Waals surface area contributed by atoms with E-state index in [0.717, 1.165) is 12.8 Å². The zero-order valence-electron chi connectivity index (χ0n) is 12.4. The average Bonchev–Trinajstić information content (AvgIpc) is 2.73. The quantitative estimate of drug-likeness (QED) is 0.836. The highest BCUT2D eigenvalue weighted by Crippen LogP contribution is 2.18. The van der Waals surface area contributed by atoms with Crippen molar-refractivity contribution in [2.24, 2.45) is 5.14 Å². The molecule has 0 aliphatic carbocycles. The molecule has 1 rings (SSSR count). The van der Waals surface area contributed by atoms with Gasteiger partial charge in [-0.2, -0.15) is 0 Å². The van der Waals surface area contributed by atoms with Gasteiger partial charge in [0.25, 0.3) is 5.91 Å². The lowest BCUT2D eigenvalue weighted by atomic mass is 10.2. The molecule has 1 atom stereocenters. The Labute approximate surface area is 120 Å². The van der Waals surface area contributed by atoms with Crippen LogP contribution in [0.2, 0.25) is 0 Å². The van der Waals surface area contributed by atoms with Crippen molar-refractivity contribution in [2.45, 2.75) is 57.5 Å². The molecule has 0 spiro atoms. The van der Waals surface area contributed by atoms with Crippen LogP contribution in [0.5, 0.6) is 0 Å². The maximum atomic E-state index is 12.2. The van der Waals surface area contributed by atoms with E-state index in [4.69, 9.17) is 5.14 Å². The molecule has 114 valence electrons. The molecule has 0 aromatic carbocycles. The van der Waals surface area contributed by atoms with Crippen molar-refractivity contribution in [2.75, 3.05) is 0 Å². The smallest absolute Gasteiger partial charge is 0.268 e. The van der Waals surface area contributed by atoms with Crippen molar-refractivity contribution < 1.29 is 13.2 Å². The van der Waals surface area contributed by atoms with E-state index in [1.807, 2.05) is 27.7 Å². The number of nitrogens with one attached hydrogen (secondary N) is 1. The highest BCUT2D eigenvalue weighted by atomic mass is 32.2. The van der Waals surface area contributed by atoms with Gasteiger partial charge in [0, 0.05) is 18.3 Å². The Kier molecular flexibility index (Phi) is 5.35. The highest BCUT2D eigenvalue weighted by Gasteiger charge is 2.21. The SMILES string of the molecule is CCCC(C)NC(=O)c1cc(S(N)(=O)=O)cn1C(C)C. The van der Waals surface area contributed by atoms with Gasteiger partial charge in [-0.3, -0.25) is 4.79 Å². The minimum absolute atomic E-state index is 0.0345. The number of primary sulfonamides is 1. The van der Waals surface area contributed by atoms with Crippen molar-refractivity contribution in [3.63, 3.8) is 0 Å². The lowest BCUT2D eigenvalue weighted by Gasteiger charge is -2.16. The number of rotatable bonds is 6. The van der Waals surface area contributed by atoms with Crippen molar-refractivity contribution in [1.29, 1.82) is 0 Å². The van der Waals surface area contributed by atoms with Crippen LogP contribution in [0.15, 0.2) is 17.2 Å². The molecule has 0 fully saturated rings. The van der Waals surface area contributed by atoms with Gasteiger partial charge in [0.1, 0.15) is 10.6 Å². The number of nitrogens with zero attached hydrogens (tertiary/aromatic N) is 1. The van der Waals surface area contributed by atoms with Crippen LogP contribution in [0.1, 0.15) is 57.1 Å². The molecule has 1 aromatic rings. The molecule has 3 N–H and O–H groups in total. The van der Waals surface area contributed by atoms with Gasteiger partial charge in [-0.1, -0.05) is 13.3 Å². The first-order valence-corrected chi connectivity index (χ1v) is 8.27. The number of nitrogens with two attached hydrogens (primary N) is 1. The highest BCUT2D eigenvalue weighted by molar-refractivity contribution is 7.89. The first-order chi connectivity index (χ1) is 9.16. The number of carbonyl (C=O) groups excluding carboxylic acids is 1. The van der Waals surface area contributed by atoms with Crippen molar-refractivity contribution >= 4 is 15.9 Å². The minimum atomic E-state index is -3.81. The molecule has 0 saturated heterocycles. The van der Waals surface area contributed by atoms with Crippen molar-refractivity contribution in [1.82, 2.24) is 9.88 Å². The standard InChI is InChI=1S/C13H23N3O3S/c1-5-6-10(4)15-13(17)12-7-11(20(14,18)19)8-16(12)9(2)3/h7-10H,5-6H2,1-4H3,(H,15,17)(H2,14,18,19). The largest absolute Gasteiger partial charge is 0.348 e. The monoisotopic (exact) mass is 301 g/mol. The second-order valence-electron chi connectivity index (χ2n) is 5.27. The summed E-state index contributed by atoms with van der Waals surface area (Å²) in [6.07, 6.45) is 3.24. The summed E-state index contributed by atoms with van der Waals surface area (Å²) in [4.78, 5) is 12.2. The normalized spacial score (nSPS) is 13.5. The maximum absolute atomic E-state index is 12.2. The topological polar surface area (TPSA) is 94.2 Å². The van der Waals surface area contributed by atoms with Crippen LogP contribution in [-0.4, -0.2) is 24.9 Å². The van der Waals surface area contributed by atoms with Crippen LogP contribution in [0, 0.1) is 0 Å². The number of hydrogen-bond acceptors (Lipinski definition) is 3. The first-order valence-electron chi connectivity index (χ1n) is 6.72. The molecule has 20 heavy (non-hydrogen) atoms. The molecule has 7 heteroatoms. The van der Waals surface area contributed by atoms with Crippen LogP contribution in [0.4, 0.5) is 0 Å². The first kappa shape index (κ1) is 16.7. The summed E-state index contributed by atoms with van der Waals surface area (Å²) >= 11 is 0. The molecule has 1 amide bonds. The summed E-state index contributed by atoms with van der Waals surface area (Å²) in [5, 5.41) is 7.98. The number of aromatic nitrogens is 1. The Bertz CT molecular complexity index is 576. The summed E-state index contributed by atoms with van der Waals surface area (Å²) in [6.45, 7) is 7.71. The van der Waals surface area contributed by atoms with Crippen LogP contribution < -0.4 is 10.5 Å². The Hall–Kier alpha value is -1.34. The van der Waals surface area contributed by atoms with Gasteiger partial charge in [0.05, 0.1) is 0 Å². The summed E-state index contributed by atoms with van der Waals surface area (Å²) in [5.41, 5.74) is 0.312. The number of carbonyl (C=O) groups is 1. The molecular formula is C13H23N3O3S. The van der Waals surface area contributed by atoms with Crippen LogP contribution in [0.3, 0.4) is 0 Å². The molecule has 1 heterocycles. The number of amides is 1. The zero-order chi connectivity index (χ0) is 15.5. The predicted molar refractivity (Wildman–Crippen MR) is 78.0 cm³/mol. The number of hydrogen-bond donors (Lipinski definition) is 2. The van der Waals surface area contributed by atoms with E-state index in [1.165, 1.54) is 12.3 Å². The fourth-order valence-corrected chi connectivity index (χ4v) is 2.56. The summed E-state index contributed by atoms with van der Waals surface area (Å²) in [7, 11) is -3.81. The second kappa shape index (κ2) is 6.41. The van der Waals surface area contributed by atoms with E-state index in [-0.39, 0.29) is 22.9 Å². The fourth-order valence-electron chi connectivity index (χ4n) is 2.02. The van der Waals surface area contributed by atoms with E-state index in [2.05, 4.69) is 5.32 Å². The van der Waals surface area contributed by atoms with Crippen LogP contribution in [-0.2, 0) is 10.0 Å². The van der Waals surface area contributed by atoms with Crippen molar-refractivity contribution in [3.8, 4) is 0 Å². The summed E-state index contributed by atoms with van der Waals surface area (Å²) < 4.78 is 24.4. The maximum Gasteiger partial charge on any atom is 0.268 e. The summed E-state index contributed by atoms with van der Waals surface area (Å²) in [5.74, 6) is -0.283. The zero-order valence-corrected chi connectivity index (χ0v) is 13.2. The molecule has 0 aliphatic rings. The third kappa shape index (κ3) is 4.08. The second-order valence-corrected chi connectivity index (χ2v) is 6.83. The van der Waals surface area contributed by atoms with Gasteiger partial charge in [-0.05, 0) is 33.3 Å². The lowest BCUT2D eigenvalue weighted by molar-refractivity contribution is 0.0927. The molecule has 0 radical (unpaired) electrons. The lowest BCUT2D eigenvalue weighted by Crippen LogP contribution is -2.33. The molecular weight excluding hydrogens is 278 g/mol. The third-order valence-corrected chi connectivity index (χ3v) is 3.92. The van der Waals surface area contributed by atoms with Gasteiger partial charge in [-0.25, -0.2) is 13.6 Å². The average molecular weight is 301 g/mol. The van der Waals surface area contributed by atoms with Gasteiger partial charge < -0.3 is 9.88 Å². The van der Waals surface area contributed by atoms with Gasteiger partial charge in [0.2, 0.25) is 10.0 Å². The Balaban J connectivity index is 3.10. The van der Waals surface area contributed by atoms with Gasteiger partial charge >= 0.3 is 0 Å². The minimum Gasteiger partial charge on any atom is -0.348 e. The Morgan fingerprint density at radius 1 is 1.40 bits per heavy atom. The molecule has 0 saturated carbocycles. The van der Waals surface area contributed by atoms with Gasteiger partial charge in [0.15, 0.2) is 0 Å². The van der Waals surface area contributed by atoms with Crippen molar-refractivity contribution in [3.05, 3.63) is 18.0 Å². The molecule has 6 nitrogen and oxygen atoms in total. The summed E-state index contributed by atoms with van der Waals surface area (Å²) in [6, 6.07) is 1.33. The van der Waals surface area contributed by atoms with E-state index < -0.39 is 10.0 Å². The Morgan fingerprint density at radius 2 is 2.00 bits per heavy atom. The van der Waals surface area contributed by atoms with E-state index >= 15 is 0 Å². The van der Waals surface area contributed by atoms with Crippen LogP contribution in [0.25, 0.3) is 0 Å². The van der Waals surface area contributed by atoms with E-state index in [9.17, 15) is 13.2 Å². The van der Waals surface area contributed by atoms with Crippen LogP contribution >= 0.6 is 0 Å². The van der Waals surface area contributed by atoms with E-state index in [1.54, 1.807) is 4.57 Å². The Morgan fingerprint density at radius 3 is 2.45 bits per heavy atom. The predicted octanol–water partition coefficient (Wildman–Crippen LogP) is 1.63.